The van der Waals surface area contributed by atoms with E-state index in [4.69, 9.17) is 19.9 Å². The summed E-state index contributed by atoms with van der Waals surface area (Å²) in [4.78, 5) is 13.7. The van der Waals surface area contributed by atoms with Gasteiger partial charge in [0.25, 0.3) is 0 Å². The summed E-state index contributed by atoms with van der Waals surface area (Å²) in [5.74, 6) is 0.280. The molecule has 0 bridgehead atoms. The van der Waals surface area contributed by atoms with Crippen LogP contribution in [0.3, 0.4) is 0 Å². The second-order valence-corrected chi connectivity index (χ2v) is 9.00. The first-order valence-electron chi connectivity index (χ1n) is 9.63. The highest BCUT2D eigenvalue weighted by Gasteiger charge is 2.43. The molecule has 0 radical (unpaired) electrons. The number of ether oxygens (including phenoxy) is 3. The highest BCUT2D eigenvalue weighted by atomic mass is 79.9. The first kappa shape index (κ1) is 23.3. The minimum Gasteiger partial charge on any atom is -0.470 e. The molecule has 0 aliphatic carbocycles. The minimum absolute atomic E-state index is 0.0245. The van der Waals surface area contributed by atoms with Crippen molar-refractivity contribution in [2.45, 2.75) is 43.9 Å². The molecule has 6 N–H and O–H groups in total. The SMILES string of the molecule is Nc1nc(OCc2cc(Br)cs2)c2ncn(CCO[C@@H]3O[C@H](CO)[C@@H](O)[C@H](O)[C@H]3O)c2n1. The molecule has 1 aliphatic heterocycles. The first-order chi connectivity index (χ1) is 15.4. The molecule has 12 nitrogen and oxygen atoms in total. The number of fused-ring (bicyclic) bond motifs is 1. The zero-order valence-electron chi connectivity index (χ0n) is 16.6. The van der Waals surface area contributed by atoms with Gasteiger partial charge in [0, 0.05) is 21.3 Å². The van der Waals surface area contributed by atoms with Crippen LogP contribution in [0.1, 0.15) is 4.88 Å². The van der Waals surface area contributed by atoms with E-state index in [0.29, 0.717) is 17.8 Å². The van der Waals surface area contributed by atoms with E-state index in [0.717, 1.165) is 9.35 Å². The predicted molar refractivity (Wildman–Crippen MR) is 116 cm³/mol. The van der Waals surface area contributed by atoms with Gasteiger partial charge in [0.05, 0.1) is 19.5 Å². The summed E-state index contributed by atoms with van der Waals surface area (Å²) in [5, 5.41) is 41.0. The Morgan fingerprint density at radius 1 is 1.22 bits per heavy atom. The maximum absolute atomic E-state index is 10.1. The highest BCUT2D eigenvalue weighted by Crippen LogP contribution is 2.26. The first-order valence-corrected chi connectivity index (χ1v) is 11.3. The number of rotatable bonds is 8. The lowest BCUT2D eigenvalue weighted by atomic mass is 9.99. The van der Waals surface area contributed by atoms with Gasteiger partial charge in [0.1, 0.15) is 31.0 Å². The molecule has 0 unspecified atom stereocenters. The Balaban J connectivity index is 1.42. The summed E-state index contributed by atoms with van der Waals surface area (Å²) in [5.41, 5.74) is 6.72. The van der Waals surface area contributed by atoms with Gasteiger partial charge in [0.15, 0.2) is 17.5 Å². The fourth-order valence-corrected chi connectivity index (χ4v) is 4.60. The molecular formula is C18H22BrN5O7S. The molecule has 3 aromatic heterocycles. The monoisotopic (exact) mass is 531 g/mol. The number of thiophene rings is 1. The van der Waals surface area contributed by atoms with Crippen LogP contribution in [0, 0.1) is 0 Å². The van der Waals surface area contributed by atoms with Crippen molar-refractivity contribution in [3.05, 3.63) is 27.1 Å². The predicted octanol–water partition coefficient (Wildman–Crippen LogP) is -0.372. The number of halogens is 1. The van der Waals surface area contributed by atoms with Crippen molar-refractivity contribution in [2.75, 3.05) is 18.9 Å². The van der Waals surface area contributed by atoms with Gasteiger partial charge in [-0.3, -0.25) is 0 Å². The summed E-state index contributed by atoms with van der Waals surface area (Å²) in [7, 11) is 0. The number of nitrogen functional groups attached to an aromatic ring is 1. The van der Waals surface area contributed by atoms with Crippen molar-refractivity contribution in [2.24, 2.45) is 0 Å². The number of nitrogens with zero attached hydrogens (tertiary/aromatic N) is 4. The average Bonchev–Trinajstić information content (AvgIpc) is 3.38. The third-order valence-corrected chi connectivity index (χ3v) is 6.56. The molecule has 32 heavy (non-hydrogen) atoms. The van der Waals surface area contributed by atoms with Crippen molar-refractivity contribution in [1.82, 2.24) is 19.5 Å². The van der Waals surface area contributed by atoms with E-state index in [1.165, 1.54) is 6.33 Å². The normalized spacial score (nSPS) is 26.0. The number of aromatic nitrogens is 4. The molecule has 1 fully saturated rings. The van der Waals surface area contributed by atoms with Gasteiger partial charge < -0.3 is 44.9 Å². The van der Waals surface area contributed by atoms with Gasteiger partial charge in [-0.15, -0.1) is 11.3 Å². The lowest BCUT2D eigenvalue weighted by Gasteiger charge is -2.39. The van der Waals surface area contributed by atoms with Gasteiger partial charge in [0.2, 0.25) is 11.8 Å². The van der Waals surface area contributed by atoms with E-state index in [1.54, 1.807) is 15.9 Å². The number of aliphatic hydroxyl groups excluding tert-OH is 4. The topological polar surface area (TPSA) is 178 Å². The number of anilines is 1. The Hall–Kier alpha value is -1.91. The molecule has 0 amide bonds. The van der Waals surface area contributed by atoms with E-state index in [1.807, 2.05) is 11.4 Å². The third-order valence-electron chi connectivity index (χ3n) is 4.88. The maximum Gasteiger partial charge on any atom is 0.247 e. The number of hydrogen-bond donors (Lipinski definition) is 5. The van der Waals surface area contributed by atoms with E-state index >= 15 is 0 Å². The molecule has 5 atom stereocenters. The molecule has 0 spiro atoms. The molecule has 174 valence electrons. The van der Waals surface area contributed by atoms with Crippen LogP contribution in [0.5, 0.6) is 5.88 Å². The van der Waals surface area contributed by atoms with Crippen molar-refractivity contribution >= 4 is 44.4 Å². The fraction of sp³-hybridized carbons (Fsp3) is 0.500. The lowest BCUT2D eigenvalue weighted by Crippen LogP contribution is -2.59. The van der Waals surface area contributed by atoms with Crippen molar-refractivity contribution < 1.29 is 34.6 Å². The Morgan fingerprint density at radius 3 is 2.75 bits per heavy atom. The number of hydrogen-bond acceptors (Lipinski definition) is 12. The highest BCUT2D eigenvalue weighted by molar-refractivity contribution is 9.10. The molecule has 0 aromatic carbocycles. The molecule has 0 saturated carbocycles. The Morgan fingerprint density at radius 2 is 2.03 bits per heavy atom. The Labute approximate surface area is 194 Å². The van der Waals surface area contributed by atoms with Gasteiger partial charge >= 0.3 is 0 Å². The van der Waals surface area contributed by atoms with Gasteiger partial charge in [-0.25, -0.2) is 4.98 Å². The quantitative estimate of drug-likeness (QED) is 0.256. The second-order valence-electron chi connectivity index (χ2n) is 7.09. The van der Waals surface area contributed by atoms with E-state index in [9.17, 15) is 20.4 Å². The van der Waals surface area contributed by atoms with Crippen LogP contribution in [0.25, 0.3) is 11.2 Å². The standard InChI is InChI=1S/C18H22BrN5O7S/c19-8-3-9(32-6-8)5-30-16-11-15(22-18(20)23-16)24(7-21-11)1-2-29-17-14(28)13(27)12(26)10(4-25)31-17/h3,6-7,10,12-14,17,25-28H,1-2,4-5H2,(H2,20,22,23)/t10-,12-,13+,14-,17-/m1/s1. The van der Waals surface area contributed by atoms with Crippen molar-refractivity contribution in [3.8, 4) is 5.88 Å². The van der Waals surface area contributed by atoms with E-state index in [-0.39, 0.29) is 25.0 Å². The smallest absolute Gasteiger partial charge is 0.247 e. The van der Waals surface area contributed by atoms with Gasteiger partial charge in [-0.1, -0.05) is 0 Å². The van der Waals surface area contributed by atoms with Crippen LogP contribution >= 0.6 is 27.3 Å². The second kappa shape index (κ2) is 9.93. The Bertz CT molecular complexity index is 1060. The minimum atomic E-state index is -1.50. The zero-order chi connectivity index (χ0) is 22.8. The fourth-order valence-electron chi connectivity index (χ4n) is 3.24. The van der Waals surface area contributed by atoms with Crippen LogP contribution in [0.2, 0.25) is 0 Å². The molecule has 4 heterocycles. The number of imidazole rings is 1. The summed E-state index contributed by atoms with van der Waals surface area (Å²) >= 11 is 4.94. The molecule has 4 rings (SSSR count). The molecular weight excluding hydrogens is 510 g/mol. The lowest BCUT2D eigenvalue weighted by molar-refractivity contribution is -0.301. The van der Waals surface area contributed by atoms with Crippen LogP contribution in [-0.4, -0.2) is 83.9 Å². The third kappa shape index (κ3) is 4.87. The largest absolute Gasteiger partial charge is 0.470 e. The van der Waals surface area contributed by atoms with E-state index in [2.05, 4.69) is 30.9 Å². The Kier molecular flexibility index (Phi) is 7.21. The van der Waals surface area contributed by atoms with Crippen molar-refractivity contribution in [1.29, 1.82) is 0 Å². The zero-order valence-corrected chi connectivity index (χ0v) is 19.0. The summed E-state index contributed by atoms with van der Waals surface area (Å²) in [6, 6.07) is 1.95. The van der Waals surface area contributed by atoms with Crippen LogP contribution < -0.4 is 10.5 Å². The molecule has 3 aromatic rings. The summed E-state index contributed by atoms with van der Waals surface area (Å²) < 4.78 is 19.3. The number of nitrogens with two attached hydrogens (primary N) is 1. The van der Waals surface area contributed by atoms with Crippen LogP contribution in [-0.2, 0) is 22.6 Å². The molecule has 14 heteroatoms. The molecule has 1 saturated heterocycles. The molecule has 1 aliphatic rings. The number of aliphatic hydroxyl groups is 4. The van der Waals surface area contributed by atoms with Crippen molar-refractivity contribution in [3.63, 3.8) is 0 Å². The summed E-state index contributed by atoms with van der Waals surface area (Å²) in [6.45, 7) is 0.0873. The summed E-state index contributed by atoms with van der Waals surface area (Å²) in [6.07, 6.45) is -5.14. The van der Waals surface area contributed by atoms with Gasteiger partial charge in [-0.2, -0.15) is 9.97 Å². The average molecular weight is 532 g/mol. The van der Waals surface area contributed by atoms with Crippen LogP contribution in [0.4, 0.5) is 5.95 Å². The maximum atomic E-state index is 10.1. The van der Waals surface area contributed by atoms with E-state index < -0.39 is 37.3 Å². The van der Waals surface area contributed by atoms with Gasteiger partial charge in [-0.05, 0) is 22.0 Å². The van der Waals surface area contributed by atoms with Crippen LogP contribution in [0.15, 0.2) is 22.2 Å².